The second-order valence-corrected chi connectivity index (χ2v) is 10.4. The number of halogens is 3. The Labute approximate surface area is 171 Å². The van der Waals surface area contributed by atoms with Crippen LogP contribution in [-0.4, -0.2) is 37.9 Å². The molecule has 0 bridgehead atoms. The van der Waals surface area contributed by atoms with Crippen molar-refractivity contribution < 1.29 is 26.4 Å². The van der Waals surface area contributed by atoms with Gasteiger partial charge in [-0.05, 0) is 37.5 Å². The van der Waals surface area contributed by atoms with E-state index in [1.54, 1.807) is 19.1 Å². The van der Waals surface area contributed by atoms with Gasteiger partial charge in [0, 0.05) is 18.0 Å². The molecule has 2 unspecified atom stereocenters. The zero-order valence-electron chi connectivity index (χ0n) is 15.6. The average molecular weight is 447 g/mol. The lowest BCUT2D eigenvalue weighted by atomic mass is 9.97. The number of rotatable bonds is 5. The molecule has 3 rings (SSSR count). The Morgan fingerprint density at radius 2 is 1.90 bits per heavy atom. The van der Waals surface area contributed by atoms with E-state index in [2.05, 4.69) is 5.32 Å². The molecule has 1 aliphatic heterocycles. The lowest BCUT2D eigenvalue weighted by molar-refractivity contribution is -0.165. The third-order valence-electron chi connectivity index (χ3n) is 4.81. The fraction of sp³-hybridized carbons (Fsp3) is 0.421. The predicted molar refractivity (Wildman–Crippen MR) is 104 cm³/mol. The summed E-state index contributed by atoms with van der Waals surface area (Å²) in [5, 5.41) is 2.08. The van der Waals surface area contributed by atoms with Crippen molar-refractivity contribution in [1.29, 1.82) is 0 Å². The number of nitrogens with one attached hydrogen (secondary N) is 1. The minimum Gasteiger partial charge on any atom is -0.341 e. The first kappa shape index (κ1) is 21.8. The molecule has 5 nitrogen and oxygen atoms in total. The van der Waals surface area contributed by atoms with Gasteiger partial charge in [-0.2, -0.15) is 17.5 Å². The van der Waals surface area contributed by atoms with Gasteiger partial charge >= 0.3 is 6.18 Å². The molecule has 1 saturated heterocycles. The largest absolute Gasteiger partial charge is 0.412 e. The van der Waals surface area contributed by atoms with Crippen molar-refractivity contribution in [2.75, 3.05) is 13.1 Å². The van der Waals surface area contributed by atoms with Crippen LogP contribution in [0, 0.1) is 12.8 Å². The highest BCUT2D eigenvalue weighted by Gasteiger charge is 2.43. The third-order valence-corrected chi connectivity index (χ3v) is 8.14. The summed E-state index contributed by atoms with van der Waals surface area (Å²) in [7, 11) is -3.77. The van der Waals surface area contributed by atoms with E-state index in [1.165, 1.54) is 34.6 Å². The molecule has 0 aliphatic carbocycles. The molecule has 1 N–H and O–H groups in total. The lowest BCUT2D eigenvalue weighted by Crippen LogP contribution is -2.47. The smallest absolute Gasteiger partial charge is 0.341 e. The minimum absolute atomic E-state index is 0.0669. The van der Waals surface area contributed by atoms with Crippen molar-refractivity contribution >= 4 is 27.3 Å². The van der Waals surface area contributed by atoms with Gasteiger partial charge in [0.1, 0.15) is 4.21 Å². The molecule has 158 valence electrons. The summed E-state index contributed by atoms with van der Waals surface area (Å²) < 4.78 is 67.5. The first-order valence-electron chi connectivity index (χ1n) is 9.07. The van der Waals surface area contributed by atoms with Crippen LogP contribution in [0.25, 0.3) is 0 Å². The van der Waals surface area contributed by atoms with Gasteiger partial charge in [0.25, 0.3) is 10.0 Å². The highest BCUT2D eigenvalue weighted by molar-refractivity contribution is 7.91. The second kappa shape index (κ2) is 8.45. The maximum atomic E-state index is 13.5. The summed E-state index contributed by atoms with van der Waals surface area (Å²) in [4.78, 5) is 13.5. The maximum Gasteiger partial charge on any atom is 0.412 e. The van der Waals surface area contributed by atoms with E-state index < -0.39 is 34.1 Å². The zero-order chi connectivity index (χ0) is 21.2. The SMILES string of the molecule is Cc1ccc(S(=O)(=O)N2CCCC(C(=O)NC(c3ccccc3)C(F)(F)F)C2)s1. The van der Waals surface area contributed by atoms with Crippen molar-refractivity contribution in [2.24, 2.45) is 5.92 Å². The molecule has 1 amide bonds. The first-order valence-corrected chi connectivity index (χ1v) is 11.3. The third kappa shape index (κ3) is 4.99. The Balaban J connectivity index is 1.75. The van der Waals surface area contributed by atoms with Crippen LogP contribution in [0.2, 0.25) is 0 Å². The maximum absolute atomic E-state index is 13.5. The fourth-order valence-corrected chi connectivity index (χ4v) is 6.27. The number of carbonyl (C=O) groups excluding carboxylic acids is 1. The van der Waals surface area contributed by atoms with E-state index in [4.69, 9.17) is 0 Å². The number of sulfonamides is 1. The number of hydrogen-bond acceptors (Lipinski definition) is 4. The monoisotopic (exact) mass is 446 g/mol. The van der Waals surface area contributed by atoms with E-state index >= 15 is 0 Å². The van der Waals surface area contributed by atoms with Crippen molar-refractivity contribution in [3.8, 4) is 0 Å². The van der Waals surface area contributed by atoms with Crippen LogP contribution < -0.4 is 5.32 Å². The number of aryl methyl sites for hydroxylation is 1. The molecule has 2 heterocycles. The first-order chi connectivity index (χ1) is 13.6. The molecule has 0 spiro atoms. The van der Waals surface area contributed by atoms with Crippen molar-refractivity contribution in [3.63, 3.8) is 0 Å². The van der Waals surface area contributed by atoms with Gasteiger partial charge in [-0.1, -0.05) is 30.3 Å². The highest BCUT2D eigenvalue weighted by atomic mass is 32.2. The molecule has 2 atom stereocenters. The van der Waals surface area contributed by atoms with E-state index in [-0.39, 0.29) is 22.9 Å². The Hall–Kier alpha value is -1.91. The van der Waals surface area contributed by atoms with Crippen LogP contribution in [0.4, 0.5) is 13.2 Å². The number of thiophene rings is 1. The van der Waals surface area contributed by atoms with E-state index in [0.717, 1.165) is 16.2 Å². The van der Waals surface area contributed by atoms with E-state index in [0.29, 0.717) is 12.8 Å². The molecular weight excluding hydrogens is 425 g/mol. The second-order valence-electron chi connectivity index (χ2n) is 6.96. The van der Waals surface area contributed by atoms with Gasteiger partial charge in [-0.15, -0.1) is 11.3 Å². The average Bonchev–Trinajstić information content (AvgIpc) is 3.13. The molecule has 1 aromatic heterocycles. The van der Waals surface area contributed by atoms with Crippen LogP contribution >= 0.6 is 11.3 Å². The Morgan fingerprint density at radius 1 is 1.21 bits per heavy atom. The number of amides is 1. The van der Waals surface area contributed by atoms with Gasteiger partial charge in [0.15, 0.2) is 6.04 Å². The van der Waals surface area contributed by atoms with Gasteiger partial charge in [-0.25, -0.2) is 8.42 Å². The van der Waals surface area contributed by atoms with Crippen LogP contribution in [-0.2, 0) is 14.8 Å². The molecule has 29 heavy (non-hydrogen) atoms. The Kier molecular flexibility index (Phi) is 6.35. The number of alkyl halides is 3. The topological polar surface area (TPSA) is 66.5 Å². The quantitative estimate of drug-likeness (QED) is 0.758. The number of carbonyl (C=O) groups is 1. The van der Waals surface area contributed by atoms with E-state index in [1.807, 2.05) is 0 Å². The Morgan fingerprint density at radius 3 is 2.48 bits per heavy atom. The van der Waals surface area contributed by atoms with Crippen molar-refractivity contribution in [2.45, 2.75) is 36.2 Å². The lowest BCUT2D eigenvalue weighted by Gasteiger charge is -2.32. The summed E-state index contributed by atoms with van der Waals surface area (Å²) in [6.45, 7) is 1.89. The number of nitrogens with zero attached hydrogens (tertiary/aromatic N) is 1. The van der Waals surface area contributed by atoms with Gasteiger partial charge < -0.3 is 5.32 Å². The fourth-order valence-electron chi connectivity index (χ4n) is 3.31. The highest BCUT2D eigenvalue weighted by Crippen LogP contribution is 2.34. The molecular formula is C19H21F3N2O3S2. The molecule has 1 aromatic carbocycles. The minimum atomic E-state index is -4.66. The summed E-state index contributed by atoms with van der Waals surface area (Å²) >= 11 is 1.13. The van der Waals surface area contributed by atoms with Crippen LogP contribution in [0.5, 0.6) is 0 Å². The van der Waals surface area contributed by atoms with Crippen molar-refractivity contribution in [3.05, 3.63) is 52.9 Å². The van der Waals surface area contributed by atoms with E-state index in [9.17, 15) is 26.4 Å². The van der Waals surface area contributed by atoms with Gasteiger partial charge in [0.2, 0.25) is 5.91 Å². The predicted octanol–water partition coefficient (Wildman–Crippen LogP) is 3.88. The molecule has 10 heteroatoms. The standard InChI is InChI=1S/C19H21F3N2O3S2/c1-13-9-10-16(28-13)29(26,27)24-11-5-8-15(12-24)18(25)23-17(19(20,21)22)14-6-3-2-4-7-14/h2-4,6-7,9-10,15,17H,5,8,11-12H2,1H3,(H,23,25). The zero-order valence-corrected chi connectivity index (χ0v) is 17.3. The summed E-state index contributed by atoms with van der Waals surface area (Å²) in [6.07, 6.45) is -3.92. The normalized spacial score (nSPS) is 19.7. The summed E-state index contributed by atoms with van der Waals surface area (Å²) in [5.74, 6) is -1.63. The molecule has 1 fully saturated rings. The van der Waals surface area contributed by atoms with Crippen LogP contribution in [0.3, 0.4) is 0 Å². The molecule has 1 aliphatic rings. The molecule has 2 aromatic rings. The van der Waals surface area contributed by atoms with Gasteiger partial charge in [-0.3, -0.25) is 4.79 Å². The summed E-state index contributed by atoms with van der Waals surface area (Å²) in [5.41, 5.74) is -0.0669. The molecule has 0 radical (unpaired) electrons. The van der Waals surface area contributed by atoms with Crippen LogP contribution in [0.1, 0.15) is 29.3 Å². The van der Waals surface area contributed by atoms with Gasteiger partial charge in [0.05, 0.1) is 5.92 Å². The Bertz CT molecular complexity index is 959. The number of benzene rings is 1. The van der Waals surface area contributed by atoms with Crippen molar-refractivity contribution in [1.82, 2.24) is 9.62 Å². The summed E-state index contributed by atoms with van der Waals surface area (Å²) in [6, 6.07) is 8.20. The number of piperidine rings is 1. The number of hydrogen-bond donors (Lipinski definition) is 1. The van der Waals surface area contributed by atoms with Crippen LogP contribution in [0.15, 0.2) is 46.7 Å². The molecule has 0 saturated carbocycles.